The van der Waals surface area contributed by atoms with Gasteiger partial charge in [-0.3, -0.25) is 0 Å². The van der Waals surface area contributed by atoms with Gasteiger partial charge in [0.15, 0.2) is 6.61 Å². The summed E-state index contributed by atoms with van der Waals surface area (Å²) in [6.45, 7) is -0.371. The van der Waals surface area contributed by atoms with E-state index < -0.39 is 5.97 Å². The van der Waals surface area contributed by atoms with E-state index in [4.69, 9.17) is 9.84 Å². The molecule has 0 bridgehead atoms. The Kier molecular flexibility index (Phi) is 7.79. The van der Waals surface area contributed by atoms with Gasteiger partial charge in [0.25, 0.3) is 0 Å². The minimum absolute atomic E-state index is 0.259. The van der Waals surface area contributed by atoms with Crippen LogP contribution in [-0.2, 0) is 4.79 Å². The number of benzene rings is 4. The molecule has 34 heavy (non-hydrogen) atoms. The van der Waals surface area contributed by atoms with Crippen molar-refractivity contribution in [3.05, 3.63) is 126 Å². The lowest BCUT2D eigenvalue weighted by Gasteiger charge is -2.11. The van der Waals surface area contributed by atoms with Crippen LogP contribution >= 0.6 is 11.8 Å². The topological polar surface area (TPSA) is 46.5 Å². The molecule has 4 rings (SSSR count). The number of ether oxygens (including phenoxy) is 1. The molecule has 0 spiro atoms. The van der Waals surface area contributed by atoms with Gasteiger partial charge in [-0.15, -0.1) is 11.8 Å². The predicted octanol–water partition coefficient (Wildman–Crippen LogP) is 7.18. The second-order valence-corrected chi connectivity index (χ2v) is 8.60. The molecule has 0 aliphatic rings. The first-order chi connectivity index (χ1) is 16.6. The van der Waals surface area contributed by atoms with Crippen molar-refractivity contribution in [2.24, 2.45) is 0 Å². The minimum Gasteiger partial charge on any atom is -0.482 e. The molecule has 1 N–H and O–H groups in total. The first-order valence-electron chi connectivity index (χ1n) is 10.8. The number of aliphatic carboxylic acids is 1. The van der Waals surface area contributed by atoms with E-state index in [2.05, 4.69) is 24.3 Å². The molecule has 0 fully saturated rings. The molecule has 0 aliphatic heterocycles. The second kappa shape index (κ2) is 11.3. The molecule has 0 saturated heterocycles. The molecule has 0 heterocycles. The third-order valence-corrected chi connectivity index (χ3v) is 6.13. The van der Waals surface area contributed by atoms with Crippen LogP contribution in [0.3, 0.4) is 0 Å². The summed E-state index contributed by atoms with van der Waals surface area (Å²) in [5.74, 6) is -0.126. The van der Waals surface area contributed by atoms with Crippen LogP contribution in [0.2, 0.25) is 0 Å². The Balaban J connectivity index is 1.54. The summed E-state index contributed by atoms with van der Waals surface area (Å²) in [7, 11) is 0. The molecule has 0 unspecified atom stereocenters. The zero-order valence-corrected chi connectivity index (χ0v) is 19.2. The highest BCUT2D eigenvalue weighted by Gasteiger charge is 2.10. The van der Waals surface area contributed by atoms with Crippen molar-refractivity contribution < 1.29 is 19.0 Å². The molecular formula is C29H23FO3S. The van der Waals surface area contributed by atoms with Gasteiger partial charge in [-0.2, -0.15) is 0 Å². The largest absolute Gasteiger partial charge is 0.482 e. The molecular weight excluding hydrogens is 447 g/mol. The third kappa shape index (κ3) is 6.15. The Labute approximate surface area is 202 Å². The van der Waals surface area contributed by atoms with Gasteiger partial charge in [0.2, 0.25) is 0 Å². The molecule has 0 saturated carbocycles. The van der Waals surface area contributed by atoms with Gasteiger partial charge in [-0.05, 0) is 52.6 Å². The Morgan fingerprint density at radius 2 is 1.47 bits per heavy atom. The molecule has 0 amide bonds. The monoisotopic (exact) mass is 470 g/mol. The summed E-state index contributed by atoms with van der Waals surface area (Å²) >= 11 is 1.61. The standard InChI is InChI=1S/C29H23FO3S/c30-28-9-5-4-8-27(28)26(23-12-10-22(11-13-23)21-6-2-1-3-7-21)18-19-34-25-16-14-24(15-17-25)33-20-29(31)32/h1-18H,19-20H2,(H,31,32)/b26-18+. The van der Waals surface area contributed by atoms with E-state index >= 15 is 0 Å². The SMILES string of the molecule is O=C(O)COc1ccc(SC/C=C(\c2ccc(-c3ccccc3)cc2)c2ccccc2F)cc1. The molecule has 0 aliphatic carbocycles. The maximum Gasteiger partial charge on any atom is 0.341 e. The van der Waals surface area contributed by atoms with Crippen molar-refractivity contribution in [3.8, 4) is 16.9 Å². The van der Waals surface area contributed by atoms with Crippen molar-refractivity contribution in [2.45, 2.75) is 4.90 Å². The highest BCUT2D eigenvalue weighted by atomic mass is 32.2. The molecule has 0 aromatic heterocycles. The molecule has 4 aromatic rings. The molecule has 170 valence electrons. The first-order valence-corrected chi connectivity index (χ1v) is 11.8. The lowest BCUT2D eigenvalue weighted by atomic mass is 9.95. The van der Waals surface area contributed by atoms with E-state index in [-0.39, 0.29) is 12.4 Å². The number of carboxylic acids is 1. The van der Waals surface area contributed by atoms with Crippen molar-refractivity contribution in [2.75, 3.05) is 12.4 Å². The van der Waals surface area contributed by atoms with Gasteiger partial charge in [0.1, 0.15) is 11.6 Å². The average Bonchev–Trinajstić information content (AvgIpc) is 2.87. The Morgan fingerprint density at radius 3 is 2.15 bits per heavy atom. The number of thioether (sulfide) groups is 1. The van der Waals surface area contributed by atoms with Crippen LogP contribution in [0.5, 0.6) is 5.75 Å². The Morgan fingerprint density at radius 1 is 0.824 bits per heavy atom. The van der Waals surface area contributed by atoms with Crippen molar-refractivity contribution in [3.63, 3.8) is 0 Å². The zero-order chi connectivity index (χ0) is 23.8. The van der Waals surface area contributed by atoms with Gasteiger partial charge >= 0.3 is 5.97 Å². The fourth-order valence-electron chi connectivity index (χ4n) is 3.53. The van der Waals surface area contributed by atoms with Crippen LogP contribution < -0.4 is 4.74 Å². The van der Waals surface area contributed by atoms with Crippen LogP contribution in [0.15, 0.2) is 114 Å². The summed E-state index contributed by atoms with van der Waals surface area (Å²) in [6, 6.07) is 32.4. The van der Waals surface area contributed by atoms with E-state index in [9.17, 15) is 9.18 Å². The minimum atomic E-state index is -1.01. The summed E-state index contributed by atoms with van der Waals surface area (Å²) in [5.41, 5.74) is 4.59. The maximum atomic E-state index is 14.7. The predicted molar refractivity (Wildman–Crippen MR) is 136 cm³/mol. The van der Waals surface area contributed by atoms with Crippen LogP contribution in [0.4, 0.5) is 4.39 Å². The van der Waals surface area contributed by atoms with E-state index in [1.165, 1.54) is 6.07 Å². The molecule has 0 atom stereocenters. The molecule has 0 radical (unpaired) electrons. The number of carbonyl (C=O) groups is 1. The van der Waals surface area contributed by atoms with E-state index in [1.807, 2.05) is 54.6 Å². The highest BCUT2D eigenvalue weighted by molar-refractivity contribution is 7.99. The Bertz CT molecular complexity index is 1270. The smallest absolute Gasteiger partial charge is 0.341 e. The summed E-state index contributed by atoms with van der Waals surface area (Å²) < 4.78 is 19.9. The number of hydrogen-bond acceptors (Lipinski definition) is 3. The highest BCUT2D eigenvalue weighted by Crippen LogP contribution is 2.30. The number of halogens is 1. The van der Waals surface area contributed by atoms with Crippen LogP contribution in [0.1, 0.15) is 11.1 Å². The second-order valence-electron chi connectivity index (χ2n) is 7.51. The van der Waals surface area contributed by atoms with E-state index in [1.54, 1.807) is 36.0 Å². The fourth-order valence-corrected chi connectivity index (χ4v) is 4.31. The normalized spacial score (nSPS) is 11.3. The number of hydrogen-bond donors (Lipinski definition) is 1. The third-order valence-electron chi connectivity index (χ3n) is 5.19. The number of rotatable bonds is 9. The van der Waals surface area contributed by atoms with Gasteiger partial charge < -0.3 is 9.84 Å². The maximum absolute atomic E-state index is 14.7. The van der Waals surface area contributed by atoms with Crippen molar-refractivity contribution in [1.82, 2.24) is 0 Å². The molecule has 3 nitrogen and oxygen atoms in total. The van der Waals surface area contributed by atoms with E-state index in [0.717, 1.165) is 27.2 Å². The summed E-state index contributed by atoms with van der Waals surface area (Å²) in [5, 5.41) is 8.72. The quantitative estimate of drug-likeness (QED) is 0.263. The summed E-state index contributed by atoms with van der Waals surface area (Å²) in [4.78, 5) is 11.6. The first kappa shape index (κ1) is 23.3. The van der Waals surface area contributed by atoms with E-state index in [0.29, 0.717) is 17.1 Å². The Hall–Kier alpha value is -3.83. The van der Waals surface area contributed by atoms with Gasteiger partial charge in [-0.25, -0.2) is 9.18 Å². The van der Waals surface area contributed by atoms with Crippen LogP contribution in [-0.4, -0.2) is 23.4 Å². The fraction of sp³-hybridized carbons (Fsp3) is 0.0690. The number of carboxylic acid groups (broad SMARTS) is 1. The lowest BCUT2D eigenvalue weighted by molar-refractivity contribution is -0.139. The van der Waals surface area contributed by atoms with Gasteiger partial charge in [0, 0.05) is 16.2 Å². The van der Waals surface area contributed by atoms with Gasteiger partial charge in [-0.1, -0.05) is 78.9 Å². The zero-order valence-electron chi connectivity index (χ0n) is 18.4. The lowest BCUT2D eigenvalue weighted by Crippen LogP contribution is -2.09. The van der Waals surface area contributed by atoms with Crippen LogP contribution in [0, 0.1) is 5.82 Å². The summed E-state index contributed by atoms with van der Waals surface area (Å²) in [6.07, 6.45) is 2.04. The molecule has 4 aromatic carbocycles. The van der Waals surface area contributed by atoms with Crippen molar-refractivity contribution in [1.29, 1.82) is 0 Å². The van der Waals surface area contributed by atoms with Crippen molar-refractivity contribution >= 4 is 23.3 Å². The van der Waals surface area contributed by atoms with Gasteiger partial charge in [0.05, 0.1) is 0 Å². The average molecular weight is 471 g/mol. The molecule has 5 heteroatoms. The van der Waals surface area contributed by atoms with Crippen LogP contribution in [0.25, 0.3) is 16.7 Å².